The average molecular weight is 379 g/mol. The fourth-order valence-corrected chi connectivity index (χ4v) is 2.86. The van der Waals surface area contributed by atoms with Gasteiger partial charge in [0.25, 0.3) is 11.5 Å². The molecule has 3 rings (SSSR count). The Bertz CT molecular complexity index is 1030. The normalized spacial score (nSPS) is 11.8. The number of rotatable bonds is 7. The predicted octanol–water partition coefficient (Wildman–Crippen LogP) is 1.93. The van der Waals surface area contributed by atoms with Crippen LogP contribution in [0.4, 0.5) is 0 Å². The SMILES string of the molecule is C[C@@H](CNC(=O)COC(=O)Cc1n[nH]c(=O)c2ccccc12)c1ccccc1. The van der Waals surface area contributed by atoms with E-state index >= 15 is 0 Å². The predicted molar refractivity (Wildman–Crippen MR) is 105 cm³/mol. The van der Waals surface area contributed by atoms with Gasteiger partial charge >= 0.3 is 5.97 Å². The first-order valence-corrected chi connectivity index (χ1v) is 8.98. The summed E-state index contributed by atoms with van der Waals surface area (Å²) >= 11 is 0. The first-order chi connectivity index (χ1) is 13.5. The van der Waals surface area contributed by atoms with Gasteiger partial charge in [0.2, 0.25) is 0 Å². The molecule has 1 heterocycles. The highest BCUT2D eigenvalue weighted by molar-refractivity contribution is 5.87. The Hall–Kier alpha value is -3.48. The number of amides is 1. The Kier molecular flexibility index (Phi) is 6.16. The Balaban J connectivity index is 1.50. The molecule has 7 heteroatoms. The van der Waals surface area contributed by atoms with Gasteiger partial charge in [-0.25, -0.2) is 5.10 Å². The molecule has 1 aromatic heterocycles. The highest BCUT2D eigenvalue weighted by Gasteiger charge is 2.14. The molecule has 0 fully saturated rings. The van der Waals surface area contributed by atoms with Gasteiger partial charge in [-0.05, 0) is 17.5 Å². The number of carbonyl (C=O) groups is 2. The van der Waals surface area contributed by atoms with Gasteiger partial charge in [-0.2, -0.15) is 5.10 Å². The van der Waals surface area contributed by atoms with Crippen molar-refractivity contribution in [2.75, 3.05) is 13.2 Å². The number of nitrogens with zero attached hydrogens (tertiary/aromatic N) is 1. The van der Waals surface area contributed by atoms with Crippen LogP contribution in [0.2, 0.25) is 0 Å². The van der Waals surface area contributed by atoms with Crippen molar-refractivity contribution in [3.8, 4) is 0 Å². The van der Waals surface area contributed by atoms with E-state index in [2.05, 4.69) is 15.5 Å². The monoisotopic (exact) mass is 379 g/mol. The molecule has 0 unspecified atom stereocenters. The van der Waals surface area contributed by atoms with E-state index in [-0.39, 0.29) is 30.4 Å². The second-order valence-electron chi connectivity index (χ2n) is 6.50. The summed E-state index contributed by atoms with van der Waals surface area (Å²) in [4.78, 5) is 35.8. The molecule has 1 amide bonds. The third kappa shape index (κ3) is 4.82. The van der Waals surface area contributed by atoms with Crippen molar-refractivity contribution in [2.24, 2.45) is 0 Å². The number of aromatic amines is 1. The molecule has 2 aromatic carbocycles. The smallest absolute Gasteiger partial charge is 0.312 e. The minimum Gasteiger partial charge on any atom is -0.455 e. The van der Waals surface area contributed by atoms with Gasteiger partial charge in [-0.1, -0.05) is 55.5 Å². The summed E-state index contributed by atoms with van der Waals surface area (Å²) in [6.45, 7) is 2.10. The maximum absolute atomic E-state index is 12.1. The van der Waals surface area contributed by atoms with Crippen LogP contribution in [0, 0.1) is 0 Å². The molecule has 0 aliphatic heterocycles. The van der Waals surface area contributed by atoms with Crippen LogP contribution >= 0.6 is 0 Å². The van der Waals surface area contributed by atoms with E-state index in [0.717, 1.165) is 5.56 Å². The molecular weight excluding hydrogens is 358 g/mol. The maximum Gasteiger partial charge on any atom is 0.312 e. The van der Waals surface area contributed by atoms with Crippen LogP contribution in [0.15, 0.2) is 59.4 Å². The Morgan fingerprint density at radius 1 is 1.07 bits per heavy atom. The van der Waals surface area contributed by atoms with Gasteiger partial charge in [0.1, 0.15) is 0 Å². The number of H-pyrrole nitrogens is 1. The third-order valence-corrected chi connectivity index (χ3v) is 4.43. The lowest BCUT2D eigenvalue weighted by atomic mass is 10.0. The number of carbonyl (C=O) groups excluding carboxylic acids is 2. The molecule has 1 atom stereocenters. The summed E-state index contributed by atoms with van der Waals surface area (Å²) in [6, 6.07) is 16.7. The van der Waals surface area contributed by atoms with Crippen LogP contribution in [-0.2, 0) is 20.7 Å². The van der Waals surface area contributed by atoms with Crippen molar-refractivity contribution in [3.63, 3.8) is 0 Å². The van der Waals surface area contributed by atoms with E-state index in [9.17, 15) is 14.4 Å². The van der Waals surface area contributed by atoms with Gasteiger partial charge in [-0.15, -0.1) is 0 Å². The van der Waals surface area contributed by atoms with E-state index in [0.29, 0.717) is 23.0 Å². The topological polar surface area (TPSA) is 101 Å². The largest absolute Gasteiger partial charge is 0.455 e. The molecule has 28 heavy (non-hydrogen) atoms. The van der Waals surface area contributed by atoms with Crippen molar-refractivity contribution in [2.45, 2.75) is 19.3 Å². The van der Waals surface area contributed by atoms with E-state index in [4.69, 9.17) is 4.74 Å². The van der Waals surface area contributed by atoms with Crippen LogP contribution in [-0.4, -0.2) is 35.2 Å². The Labute approximate surface area is 161 Å². The van der Waals surface area contributed by atoms with E-state index in [1.54, 1.807) is 24.3 Å². The second kappa shape index (κ2) is 8.94. The minimum absolute atomic E-state index is 0.134. The fourth-order valence-electron chi connectivity index (χ4n) is 2.86. The Morgan fingerprint density at radius 3 is 2.50 bits per heavy atom. The molecule has 3 aromatic rings. The Morgan fingerprint density at radius 2 is 1.75 bits per heavy atom. The number of esters is 1. The fraction of sp³-hybridized carbons (Fsp3) is 0.238. The van der Waals surface area contributed by atoms with Crippen molar-refractivity contribution in [3.05, 3.63) is 76.2 Å². The molecule has 2 N–H and O–H groups in total. The van der Waals surface area contributed by atoms with Crippen molar-refractivity contribution >= 4 is 22.6 Å². The molecular formula is C21H21N3O4. The van der Waals surface area contributed by atoms with Gasteiger partial charge in [-0.3, -0.25) is 14.4 Å². The zero-order chi connectivity index (χ0) is 19.9. The lowest BCUT2D eigenvalue weighted by molar-refractivity contribution is -0.147. The van der Waals surface area contributed by atoms with Crippen molar-refractivity contribution < 1.29 is 14.3 Å². The molecule has 0 saturated heterocycles. The molecule has 144 valence electrons. The third-order valence-electron chi connectivity index (χ3n) is 4.43. The molecule has 7 nitrogen and oxygen atoms in total. The van der Waals surface area contributed by atoms with E-state index in [1.807, 2.05) is 37.3 Å². The van der Waals surface area contributed by atoms with Crippen LogP contribution in [0.5, 0.6) is 0 Å². The highest BCUT2D eigenvalue weighted by Crippen LogP contribution is 2.14. The summed E-state index contributed by atoms with van der Waals surface area (Å²) in [5.74, 6) is -0.802. The number of hydrogen-bond donors (Lipinski definition) is 2. The van der Waals surface area contributed by atoms with Gasteiger partial charge < -0.3 is 10.1 Å². The first-order valence-electron chi connectivity index (χ1n) is 8.98. The minimum atomic E-state index is -0.587. The van der Waals surface area contributed by atoms with Crippen LogP contribution in [0.25, 0.3) is 10.8 Å². The van der Waals surface area contributed by atoms with Crippen LogP contribution in [0.3, 0.4) is 0 Å². The van der Waals surface area contributed by atoms with Gasteiger partial charge in [0, 0.05) is 11.9 Å². The molecule has 0 spiro atoms. The number of ether oxygens (including phenoxy) is 1. The quantitative estimate of drug-likeness (QED) is 0.611. The summed E-state index contributed by atoms with van der Waals surface area (Å²) in [5, 5.41) is 10.1. The summed E-state index contributed by atoms with van der Waals surface area (Å²) in [7, 11) is 0. The number of benzene rings is 2. The van der Waals surface area contributed by atoms with Crippen LogP contribution < -0.4 is 10.9 Å². The number of aromatic nitrogens is 2. The summed E-state index contributed by atoms with van der Waals surface area (Å²) in [5.41, 5.74) is 1.20. The second-order valence-corrected chi connectivity index (χ2v) is 6.50. The van der Waals surface area contributed by atoms with E-state index in [1.165, 1.54) is 0 Å². The van der Waals surface area contributed by atoms with Crippen LogP contribution in [0.1, 0.15) is 24.1 Å². The molecule has 0 aliphatic carbocycles. The molecule has 0 aliphatic rings. The maximum atomic E-state index is 12.1. The first kappa shape index (κ1) is 19.3. The standard InChI is InChI=1S/C21H21N3O4/c1-14(15-7-3-2-4-8-15)12-22-19(25)13-28-20(26)11-18-16-9-5-6-10-17(16)21(27)24-23-18/h2-10,14H,11-13H2,1H3,(H,22,25)(H,24,27)/t14-/m0/s1. The van der Waals surface area contributed by atoms with E-state index < -0.39 is 5.97 Å². The molecule has 0 radical (unpaired) electrons. The van der Waals surface area contributed by atoms with Crippen molar-refractivity contribution in [1.29, 1.82) is 0 Å². The van der Waals surface area contributed by atoms with Gasteiger partial charge in [0.05, 0.1) is 17.5 Å². The summed E-state index contributed by atoms with van der Waals surface area (Å²) < 4.78 is 5.04. The lowest BCUT2D eigenvalue weighted by Crippen LogP contribution is -2.32. The molecule has 0 bridgehead atoms. The lowest BCUT2D eigenvalue weighted by Gasteiger charge is -2.13. The number of hydrogen-bond acceptors (Lipinski definition) is 5. The van der Waals surface area contributed by atoms with Gasteiger partial charge in [0.15, 0.2) is 6.61 Å². The van der Waals surface area contributed by atoms with Crippen molar-refractivity contribution in [1.82, 2.24) is 15.5 Å². The zero-order valence-corrected chi connectivity index (χ0v) is 15.5. The molecule has 0 saturated carbocycles. The highest BCUT2D eigenvalue weighted by atomic mass is 16.5. The average Bonchev–Trinajstić information content (AvgIpc) is 2.73. The number of fused-ring (bicyclic) bond motifs is 1. The number of nitrogens with one attached hydrogen (secondary N) is 2. The zero-order valence-electron chi connectivity index (χ0n) is 15.5. The summed E-state index contributed by atoms with van der Waals surface area (Å²) in [6.07, 6.45) is -0.134.